The lowest BCUT2D eigenvalue weighted by Gasteiger charge is -2.18. The Balaban J connectivity index is 1.78. The van der Waals surface area contributed by atoms with Gasteiger partial charge in [-0.1, -0.05) is 13.8 Å². The Morgan fingerprint density at radius 2 is 1.91 bits per heavy atom. The van der Waals surface area contributed by atoms with Gasteiger partial charge in [-0.25, -0.2) is 13.4 Å². The second kappa shape index (κ2) is 9.39. The van der Waals surface area contributed by atoms with Crippen LogP contribution in [-0.2, 0) is 28.4 Å². The molecule has 32 heavy (non-hydrogen) atoms. The molecule has 1 N–H and O–H groups in total. The van der Waals surface area contributed by atoms with Crippen LogP contribution in [0, 0.1) is 13.8 Å². The maximum absolute atomic E-state index is 12.7. The van der Waals surface area contributed by atoms with Crippen LogP contribution in [-0.4, -0.2) is 45.8 Å². The second-order valence-corrected chi connectivity index (χ2v) is 10.1. The Bertz CT molecular complexity index is 1300. The molecule has 0 bridgehead atoms. The molecule has 1 amide bonds. The minimum atomic E-state index is -3.74. The monoisotopic (exact) mass is 477 g/mol. The first-order valence-electron chi connectivity index (χ1n) is 10.2. The standard InChI is InChI=1S/C21H27N5O4S2/c1-6-26(7-2)32(29,30)16-8-9-20(28)25(11-16)12-19(27)23-21-22-18(13-31-21)17-10-14(3)24(5)15(17)4/h8-11,13H,6-7,12H2,1-5H3,(H,22,23,27). The molecule has 0 saturated heterocycles. The highest BCUT2D eigenvalue weighted by Gasteiger charge is 2.22. The Morgan fingerprint density at radius 3 is 2.50 bits per heavy atom. The normalized spacial score (nSPS) is 11.8. The molecule has 0 unspecified atom stereocenters. The molecular weight excluding hydrogens is 450 g/mol. The van der Waals surface area contributed by atoms with Gasteiger partial charge >= 0.3 is 0 Å². The van der Waals surface area contributed by atoms with E-state index in [1.807, 2.05) is 32.3 Å². The molecule has 3 rings (SSSR count). The number of rotatable bonds is 8. The van der Waals surface area contributed by atoms with Crippen molar-refractivity contribution in [2.24, 2.45) is 7.05 Å². The topological polar surface area (TPSA) is 106 Å². The molecule has 0 aliphatic heterocycles. The summed E-state index contributed by atoms with van der Waals surface area (Å²) < 4.78 is 29.9. The zero-order chi connectivity index (χ0) is 23.6. The zero-order valence-corrected chi connectivity index (χ0v) is 20.4. The lowest BCUT2D eigenvalue weighted by Crippen LogP contribution is -2.33. The average Bonchev–Trinajstić information content (AvgIpc) is 3.30. The Hall–Kier alpha value is -2.76. The number of aromatic nitrogens is 3. The van der Waals surface area contributed by atoms with Gasteiger partial charge in [0.2, 0.25) is 15.9 Å². The van der Waals surface area contributed by atoms with E-state index >= 15 is 0 Å². The van der Waals surface area contributed by atoms with Crippen molar-refractivity contribution in [2.45, 2.75) is 39.1 Å². The van der Waals surface area contributed by atoms with Gasteiger partial charge in [0.05, 0.1) is 10.6 Å². The molecule has 3 aromatic rings. The largest absolute Gasteiger partial charge is 0.351 e. The molecule has 0 aromatic carbocycles. The number of nitrogens with zero attached hydrogens (tertiary/aromatic N) is 4. The summed E-state index contributed by atoms with van der Waals surface area (Å²) >= 11 is 1.29. The second-order valence-electron chi connectivity index (χ2n) is 7.35. The third-order valence-electron chi connectivity index (χ3n) is 5.42. The van der Waals surface area contributed by atoms with E-state index in [0.29, 0.717) is 18.2 Å². The van der Waals surface area contributed by atoms with Crippen molar-refractivity contribution < 1.29 is 13.2 Å². The molecule has 0 radical (unpaired) electrons. The van der Waals surface area contributed by atoms with E-state index in [9.17, 15) is 18.0 Å². The van der Waals surface area contributed by atoms with Gasteiger partial charge < -0.3 is 14.5 Å². The highest BCUT2D eigenvalue weighted by molar-refractivity contribution is 7.89. The maximum Gasteiger partial charge on any atom is 0.251 e. The fraction of sp³-hybridized carbons (Fsp3) is 0.381. The van der Waals surface area contributed by atoms with Gasteiger partial charge in [0.1, 0.15) is 6.54 Å². The van der Waals surface area contributed by atoms with Crippen molar-refractivity contribution in [2.75, 3.05) is 18.4 Å². The molecule has 0 fully saturated rings. The van der Waals surface area contributed by atoms with Crippen molar-refractivity contribution in [3.05, 3.63) is 51.5 Å². The number of anilines is 1. The zero-order valence-electron chi connectivity index (χ0n) is 18.7. The molecular formula is C21H27N5O4S2. The Morgan fingerprint density at radius 1 is 1.22 bits per heavy atom. The average molecular weight is 478 g/mol. The molecule has 0 aliphatic carbocycles. The quantitative estimate of drug-likeness (QED) is 0.537. The van der Waals surface area contributed by atoms with Crippen LogP contribution in [0.25, 0.3) is 11.3 Å². The van der Waals surface area contributed by atoms with E-state index in [1.54, 1.807) is 13.8 Å². The molecule has 0 saturated carbocycles. The van der Waals surface area contributed by atoms with Gasteiger partial charge in [-0.2, -0.15) is 4.31 Å². The number of pyridine rings is 1. The summed E-state index contributed by atoms with van der Waals surface area (Å²) in [6.07, 6.45) is 1.21. The summed E-state index contributed by atoms with van der Waals surface area (Å²) in [5.74, 6) is -0.466. The minimum absolute atomic E-state index is 0.0277. The summed E-state index contributed by atoms with van der Waals surface area (Å²) in [5.41, 5.74) is 3.47. The lowest BCUT2D eigenvalue weighted by molar-refractivity contribution is -0.116. The van der Waals surface area contributed by atoms with E-state index in [2.05, 4.69) is 14.9 Å². The first-order chi connectivity index (χ1) is 15.1. The van der Waals surface area contributed by atoms with E-state index in [4.69, 9.17) is 0 Å². The third-order valence-corrected chi connectivity index (χ3v) is 8.21. The number of carbonyl (C=O) groups excluding carboxylic acids is 1. The first-order valence-corrected chi connectivity index (χ1v) is 12.5. The van der Waals surface area contributed by atoms with Crippen LogP contribution < -0.4 is 10.9 Å². The minimum Gasteiger partial charge on any atom is -0.351 e. The van der Waals surface area contributed by atoms with Crippen LogP contribution in [0.2, 0.25) is 0 Å². The fourth-order valence-corrected chi connectivity index (χ4v) is 5.59. The summed E-state index contributed by atoms with van der Waals surface area (Å²) in [6, 6.07) is 4.46. The van der Waals surface area contributed by atoms with Gasteiger partial charge in [0, 0.05) is 54.7 Å². The van der Waals surface area contributed by atoms with Crippen LogP contribution in [0.15, 0.2) is 39.5 Å². The van der Waals surface area contributed by atoms with Crippen LogP contribution in [0.3, 0.4) is 0 Å². The van der Waals surface area contributed by atoms with E-state index in [-0.39, 0.29) is 11.4 Å². The maximum atomic E-state index is 12.7. The molecule has 11 heteroatoms. The summed E-state index contributed by atoms with van der Waals surface area (Å²) in [7, 11) is -1.76. The van der Waals surface area contributed by atoms with E-state index in [1.165, 1.54) is 27.9 Å². The SMILES string of the molecule is CCN(CC)S(=O)(=O)c1ccc(=O)n(CC(=O)Nc2nc(-c3cc(C)n(C)c3C)cs2)c1. The summed E-state index contributed by atoms with van der Waals surface area (Å²) in [4.78, 5) is 29.2. The predicted octanol–water partition coefficient (Wildman–Crippen LogP) is 2.60. The van der Waals surface area contributed by atoms with Crippen molar-refractivity contribution in [3.63, 3.8) is 0 Å². The molecule has 0 spiro atoms. The Kier molecular flexibility index (Phi) is 7.01. The number of nitrogens with one attached hydrogen (secondary N) is 1. The molecule has 0 atom stereocenters. The van der Waals surface area contributed by atoms with E-state index < -0.39 is 21.5 Å². The number of amides is 1. The van der Waals surface area contributed by atoms with Crippen molar-refractivity contribution in [1.29, 1.82) is 0 Å². The Labute approximate surface area is 191 Å². The van der Waals surface area contributed by atoms with Crippen LogP contribution in [0.4, 0.5) is 5.13 Å². The molecule has 9 nitrogen and oxygen atoms in total. The van der Waals surface area contributed by atoms with E-state index in [0.717, 1.165) is 33.3 Å². The van der Waals surface area contributed by atoms with Crippen LogP contribution in [0.1, 0.15) is 25.2 Å². The fourth-order valence-electron chi connectivity index (χ4n) is 3.38. The van der Waals surface area contributed by atoms with Gasteiger partial charge in [0.15, 0.2) is 5.13 Å². The van der Waals surface area contributed by atoms with Crippen LogP contribution in [0.5, 0.6) is 0 Å². The smallest absolute Gasteiger partial charge is 0.251 e. The number of sulfonamides is 1. The number of carbonyl (C=O) groups is 1. The third kappa shape index (κ3) is 4.69. The highest BCUT2D eigenvalue weighted by atomic mass is 32.2. The number of aryl methyl sites for hydroxylation is 1. The molecule has 0 aliphatic rings. The van der Waals surface area contributed by atoms with Crippen molar-refractivity contribution >= 4 is 32.4 Å². The van der Waals surface area contributed by atoms with Gasteiger partial charge in [0.25, 0.3) is 5.56 Å². The molecule has 3 heterocycles. The van der Waals surface area contributed by atoms with Gasteiger partial charge in [-0.15, -0.1) is 11.3 Å². The number of thiazole rings is 1. The number of hydrogen-bond donors (Lipinski definition) is 1. The lowest BCUT2D eigenvalue weighted by atomic mass is 10.2. The van der Waals surface area contributed by atoms with Crippen molar-refractivity contribution in [1.82, 2.24) is 18.4 Å². The van der Waals surface area contributed by atoms with Crippen LogP contribution >= 0.6 is 11.3 Å². The van der Waals surface area contributed by atoms with Gasteiger partial charge in [-0.3, -0.25) is 9.59 Å². The highest BCUT2D eigenvalue weighted by Crippen LogP contribution is 2.29. The summed E-state index contributed by atoms with van der Waals surface area (Å²) in [6.45, 7) is 7.80. The molecule has 172 valence electrons. The predicted molar refractivity (Wildman–Crippen MR) is 125 cm³/mol. The summed E-state index contributed by atoms with van der Waals surface area (Å²) in [5, 5.41) is 4.96. The van der Waals surface area contributed by atoms with Crippen molar-refractivity contribution in [3.8, 4) is 11.3 Å². The van der Waals surface area contributed by atoms with Gasteiger partial charge in [-0.05, 0) is 26.0 Å². The first kappa shape index (κ1) is 23.9. The number of hydrogen-bond acceptors (Lipinski definition) is 6. The molecule has 3 aromatic heterocycles.